The molecule has 3 unspecified atom stereocenters. The molecule has 0 spiro atoms. The minimum Gasteiger partial charge on any atom is -0.337 e. The number of hydrogen-bond donors (Lipinski definition) is 1. The Balaban J connectivity index is 2.08. The summed E-state index contributed by atoms with van der Waals surface area (Å²) in [5.41, 5.74) is 0.199. The lowest BCUT2D eigenvalue weighted by molar-refractivity contribution is -0.142. The topological polar surface area (TPSA) is 32.3 Å². The lowest BCUT2D eigenvalue weighted by atomic mass is 9.80. The van der Waals surface area contributed by atoms with E-state index in [9.17, 15) is 4.79 Å². The van der Waals surface area contributed by atoms with Crippen LogP contribution in [0.2, 0.25) is 0 Å². The predicted octanol–water partition coefficient (Wildman–Crippen LogP) is 2.02. The molecule has 1 aliphatic carbocycles. The van der Waals surface area contributed by atoms with Gasteiger partial charge in [-0.25, -0.2) is 0 Å². The van der Waals surface area contributed by atoms with Crippen LogP contribution in [-0.4, -0.2) is 36.0 Å². The van der Waals surface area contributed by atoms with Crippen molar-refractivity contribution < 1.29 is 4.79 Å². The Morgan fingerprint density at radius 3 is 2.65 bits per heavy atom. The van der Waals surface area contributed by atoms with E-state index >= 15 is 0 Å². The van der Waals surface area contributed by atoms with Crippen LogP contribution in [0.3, 0.4) is 0 Å². The van der Waals surface area contributed by atoms with Crippen LogP contribution < -0.4 is 5.32 Å². The number of piperazine rings is 1. The normalized spacial score (nSPS) is 37.2. The number of hydrogen-bond acceptors (Lipinski definition) is 2. The number of nitrogens with zero attached hydrogens (tertiary/aromatic N) is 1. The molecular formula is C14H26N2O. The molecule has 0 bridgehead atoms. The number of amides is 1. The van der Waals surface area contributed by atoms with Crippen molar-refractivity contribution in [3.63, 3.8) is 0 Å². The number of carbonyl (C=O) groups excluding carboxylic acids is 1. The lowest BCUT2D eigenvalue weighted by Gasteiger charge is -2.41. The first-order chi connectivity index (χ1) is 7.92. The van der Waals surface area contributed by atoms with Crippen LogP contribution in [0.4, 0.5) is 0 Å². The summed E-state index contributed by atoms with van der Waals surface area (Å²) in [5.74, 6) is 0.642. The van der Waals surface area contributed by atoms with Crippen molar-refractivity contribution in [2.75, 3.05) is 13.1 Å². The molecule has 3 atom stereocenters. The molecule has 1 heterocycles. The van der Waals surface area contributed by atoms with Crippen LogP contribution in [0.5, 0.6) is 0 Å². The van der Waals surface area contributed by atoms with Crippen LogP contribution in [0.1, 0.15) is 47.0 Å². The van der Waals surface area contributed by atoms with Gasteiger partial charge in [0, 0.05) is 31.1 Å². The second-order valence-electron chi connectivity index (χ2n) is 6.58. The molecular weight excluding hydrogens is 212 g/mol. The van der Waals surface area contributed by atoms with Gasteiger partial charge in [0.15, 0.2) is 0 Å². The van der Waals surface area contributed by atoms with Gasteiger partial charge in [0.25, 0.3) is 0 Å². The van der Waals surface area contributed by atoms with Gasteiger partial charge < -0.3 is 10.2 Å². The molecule has 17 heavy (non-hydrogen) atoms. The van der Waals surface area contributed by atoms with Gasteiger partial charge in [-0.15, -0.1) is 0 Å². The summed E-state index contributed by atoms with van der Waals surface area (Å²) in [5, 5.41) is 3.43. The lowest BCUT2D eigenvalue weighted by Crippen LogP contribution is -2.58. The Morgan fingerprint density at radius 1 is 1.35 bits per heavy atom. The summed E-state index contributed by atoms with van der Waals surface area (Å²) in [6.45, 7) is 10.6. The van der Waals surface area contributed by atoms with E-state index < -0.39 is 0 Å². The predicted molar refractivity (Wildman–Crippen MR) is 69.8 cm³/mol. The summed E-state index contributed by atoms with van der Waals surface area (Å²) in [6, 6.07) is 0.773. The van der Waals surface area contributed by atoms with Gasteiger partial charge in [0.05, 0.1) is 0 Å². The van der Waals surface area contributed by atoms with E-state index in [-0.39, 0.29) is 11.3 Å². The third kappa shape index (κ3) is 2.49. The molecule has 0 radical (unpaired) electrons. The van der Waals surface area contributed by atoms with Gasteiger partial charge in [-0.3, -0.25) is 4.79 Å². The molecule has 0 aromatic carbocycles. The maximum absolute atomic E-state index is 12.7. The van der Waals surface area contributed by atoms with Crippen molar-refractivity contribution in [1.82, 2.24) is 10.2 Å². The van der Waals surface area contributed by atoms with E-state index in [4.69, 9.17) is 0 Å². The van der Waals surface area contributed by atoms with Gasteiger partial charge in [-0.1, -0.05) is 20.3 Å². The Hall–Kier alpha value is -0.570. The van der Waals surface area contributed by atoms with Crippen LogP contribution in [0.25, 0.3) is 0 Å². The van der Waals surface area contributed by atoms with E-state index in [1.54, 1.807) is 0 Å². The van der Waals surface area contributed by atoms with Crippen LogP contribution in [-0.2, 0) is 4.79 Å². The van der Waals surface area contributed by atoms with E-state index in [1.165, 1.54) is 12.8 Å². The van der Waals surface area contributed by atoms with Gasteiger partial charge in [-0.05, 0) is 32.1 Å². The number of nitrogens with one attached hydrogen (secondary N) is 1. The third-order valence-corrected chi connectivity index (χ3v) is 4.60. The zero-order chi connectivity index (χ0) is 12.6. The van der Waals surface area contributed by atoms with Crippen LogP contribution >= 0.6 is 0 Å². The monoisotopic (exact) mass is 238 g/mol. The smallest absolute Gasteiger partial charge is 0.226 e. The molecule has 3 nitrogen and oxygen atoms in total. The number of rotatable bonds is 1. The van der Waals surface area contributed by atoms with E-state index in [1.807, 2.05) is 0 Å². The molecule has 2 rings (SSSR count). The first-order valence-corrected chi connectivity index (χ1v) is 6.95. The Bertz CT molecular complexity index is 301. The second kappa shape index (κ2) is 4.60. The minimum absolute atomic E-state index is 0.199. The summed E-state index contributed by atoms with van der Waals surface area (Å²) in [7, 11) is 0. The summed E-state index contributed by atoms with van der Waals surface area (Å²) in [4.78, 5) is 14.8. The molecule has 2 fully saturated rings. The summed E-state index contributed by atoms with van der Waals surface area (Å²) >= 11 is 0. The average Bonchev–Trinajstić information content (AvgIpc) is 2.61. The highest BCUT2D eigenvalue weighted by Gasteiger charge is 2.42. The van der Waals surface area contributed by atoms with Crippen LogP contribution in [0.15, 0.2) is 0 Å². The van der Waals surface area contributed by atoms with Gasteiger partial charge >= 0.3 is 0 Å². The summed E-state index contributed by atoms with van der Waals surface area (Å²) < 4.78 is 0. The molecule has 1 aliphatic heterocycles. The maximum atomic E-state index is 12.7. The van der Waals surface area contributed by atoms with Crippen molar-refractivity contribution in [1.29, 1.82) is 0 Å². The highest BCUT2D eigenvalue weighted by atomic mass is 16.2. The molecule has 0 aromatic heterocycles. The van der Waals surface area contributed by atoms with Crippen molar-refractivity contribution in [3.05, 3.63) is 0 Å². The molecule has 3 heteroatoms. The fourth-order valence-corrected chi connectivity index (χ4v) is 3.31. The molecule has 2 aliphatic rings. The molecule has 98 valence electrons. The number of carbonyl (C=O) groups is 1. The molecule has 0 aromatic rings. The quantitative estimate of drug-likeness (QED) is 0.758. The fraction of sp³-hybridized carbons (Fsp3) is 0.929. The first kappa shape index (κ1) is 12.9. The molecule has 1 amide bonds. The van der Waals surface area contributed by atoms with Gasteiger partial charge in [0.1, 0.15) is 0 Å². The van der Waals surface area contributed by atoms with Crippen molar-refractivity contribution in [2.45, 2.75) is 59.0 Å². The standard InChI is InChI=1S/C14H26N2O/c1-10-9-16(11(2)8-15-10)13(17)12-6-5-7-14(12,3)4/h10-12,15H,5-9H2,1-4H3. The van der Waals surface area contributed by atoms with Crippen molar-refractivity contribution in [3.8, 4) is 0 Å². The Labute approximate surface area is 105 Å². The average molecular weight is 238 g/mol. The summed E-state index contributed by atoms with van der Waals surface area (Å²) in [6.07, 6.45) is 3.48. The van der Waals surface area contributed by atoms with E-state index in [0.717, 1.165) is 19.5 Å². The maximum Gasteiger partial charge on any atom is 0.226 e. The molecule has 1 N–H and O–H groups in total. The highest BCUT2D eigenvalue weighted by molar-refractivity contribution is 5.80. The Morgan fingerprint density at radius 2 is 2.06 bits per heavy atom. The van der Waals surface area contributed by atoms with Crippen molar-refractivity contribution in [2.24, 2.45) is 11.3 Å². The largest absolute Gasteiger partial charge is 0.337 e. The van der Waals surface area contributed by atoms with E-state index in [0.29, 0.717) is 18.0 Å². The Kier molecular flexibility index (Phi) is 3.48. The minimum atomic E-state index is 0.199. The third-order valence-electron chi connectivity index (χ3n) is 4.60. The van der Waals surface area contributed by atoms with Gasteiger partial charge in [0.2, 0.25) is 5.91 Å². The van der Waals surface area contributed by atoms with Gasteiger partial charge in [-0.2, -0.15) is 0 Å². The van der Waals surface area contributed by atoms with E-state index in [2.05, 4.69) is 37.9 Å². The zero-order valence-electron chi connectivity index (χ0n) is 11.6. The second-order valence-corrected chi connectivity index (χ2v) is 6.58. The molecule has 1 saturated heterocycles. The van der Waals surface area contributed by atoms with Crippen molar-refractivity contribution >= 4 is 5.91 Å². The highest BCUT2D eigenvalue weighted by Crippen LogP contribution is 2.43. The van der Waals surface area contributed by atoms with Crippen LogP contribution in [0, 0.1) is 11.3 Å². The zero-order valence-corrected chi connectivity index (χ0v) is 11.6. The molecule has 1 saturated carbocycles. The SMILES string of the molecule is CC1CN(C(=O)C2CCCC2(C)C)C(C)CN1. The fourth-order valence-electron chi connectivity index (χ4n) is 3.31. The first-order valence-electron chi connectivity index (χ1n) is 6.95.